The second-order valence-corrected chi connectivity index (χ2v) is 4.14. The average molecular weight is 251 g/mol. The quantitative estimate of drug-likeness (QED) is 0.775. The lowest BCUT2D eigenvalue weighted by Gasteiger charge is -2.08. The maximum Gasteiger partial charge on any atom is 0.332 e. The molecule has 0 unspecified atom stereocenters. The van der Waals surface area contributed by atoms with Crippen molar-refractivity contribution in [2.24, 2.45) is 12.8 Å². The van der Waals surface area contributed by atoms with Gasteiger partial charge in [-0.2, -0.15) is 0 Å². The number of hydrogen-bond acceptors (Lipinski definition) is 4. The highest BCUT2D eigenvalue weighted by Gasteiger charge is 2.14. The number of rotatable bonds is 4. The highest BCUT2D eigenvalue weighted by atomic mass is 16.2. The van der Waals surface area contributed by atoms with Gasteiger partial charge in [-0.3, -0.25) is 13.9 Å². The van der Waals surface area contributed by atoms with E-state index in [1.54, 1.807) is 17.9 Å². The molecule has 0 spiro atoms. The van der Waals surface area contributed by atoms with E-state index in [1.165, 1.54) is 9.13 Å². The summed E-state index contributed by atoms with van der Waals surface area (Å²) in [6.45, 7) is 3.35. The second kappa shape index (κ2) is 4.77. The van der Waals surface area contributed by atoms with Crippen molar-refractivity contribution in [3.8, 4) is 0 Å². The van der Waals surface area contributed by atoms with Crippen LogP contribution < -0.4 is 17.0 Å². The minimum atomic E-state index is -0.345. The Morgan fingerprint density at radius 3 is 2.72 bits per heavy atom. The molecule has 7 heteroatoms. The first-order chi connectivity index (χ1) is 8.61. The van der Waals surface area contributed by atoms with Gasteiger partial charge in [-0.25, -0.2) is 9.78 Å². The predicted octanol–water partition coefficient (Wildman–Crippen LogP) is -0.735. The van der Waals surface area contributed by atoms with E-state index in [0.29, 0.717) is 37.2 Å². The number of nitrogens with zero attached hydrogens (tertiary/aromatic N) is 4. The summed E-state index contributed by atoms with van der Waals surface area (Å²) in [4.78, 5) is 28.5. The molecule has 0 aliphatic heterocycles. The monoisotopic (exact) mass is 251 g/mol. The SMILES string of the molecule is CCn1cnc2c1c(=O)n(CCCN)c(=O)n2C. The molecule has 7 nitrogen and oxygen atoms in total. The summed E-state index contributed by atoms with van der Waals surface area (Å²) in [6, 6.07) is 0. The second-order valence-electron chi connectivity index (χ2n) is 4.14. The van der Waals surface area contributed by atoms with Gasteiger partial charge < -0.3 is 10.3 Å². The Hall–Kier alpha value is -1.89. The van der Waals surface area contributed by atoms with Gasteiger partial charge in [0.2, 0.25) is 0 Å². The van der Waals surface area contributed by atoms with E-state index < -0.39 is 0 Å². The summed E-state index contributed by atoms with van der Waals surface area (Å²) < 4.78 is 4.37. The molecule has 2 heterocycles. The Balaban J connectivity index is 2.79. The Kier molecular flexibility index (Phi) is 3.33. The minimum Gasteiger partial charge on any atom is -0.330 e. The lowest BCUT2D eigenvalue weighted by Crippen LogP contribution is -2.40. The van der Waals surface area contributed by atoms with Gasteiger partial charge in [0.05, 0.1) is 6.33 Å². The first-order valence-corrected chi connectivity index (χ1v) is 5.96. The van der Waals surface area contributed by atoms with Gasteiger partial charge in [-0.05, 0) is 19.9 Å². The zero-order chi connectivity index (χ0) is 13.3. The first kappa shape index (κ1) is 12.6. The van der Waals surface area contributed by atoms with Gasteiger partial charge >= 0.3 is 5.69 Å². The van der Waals surface area contributed by atoms with Crippen LogP contribution in [0.5, 0.6) is 0 Å². The molecule has 2 aromatic rings. The summed E-state index contributed by atoms with van der Waals surface area (Å²) in [7, 11) is 1.62. The zero-order valence-electron chi connectivity index (χ0n) is 10.6. The van der Waals surface area contributed by atoms with Crippen LogP contribution in [0.2, 0.25) is 0 Å². The summed E-state index contributed by atoms with van der Waals surface area (Å²) >= 11 is 0. The highest BCUT2D eigenvalue weighted by molar-refractivity contribution is 5.69. The molecule has 18 heavy (non-hydrogen) atoms. The number of aromatic nitrogens is 4. The molecule has 98 valence electrons. The largest absolute Gasteiger partial charge is 0.332 e. The average Bonchev–Trinajstić information content (AvgIpc) is 2.80. The Bertz CT molecular complexity index is 679. The summed E-state index contributed by atoms with van der Waals surface area (Å²) in [5, 5.41) is 0. The van der Waals surface area contributed by atoms with E-state index in [4.69, 9.17) is 5.73 Å². The topological polar surface area (TPSA) is 87.8 Å². The van der Waals surface area contributed by atoms with Crippen LogP contribution in [0.25, 0.3) is 11.2 Å². The fraction of sp³-hybridized carbons (Fsp3) is 0.545. The predicted molar refractivity (Wildman–Crippen MR) is 68.6 cm³/mol. The Labute approximate surface area is 103 Å². The molecular weight excluding hydrogens is 234 g/mol. The van der Waals surface area contributed by atoms with Crippen molar-refractivity contribution in [2.45, 2.75) is 26.4 Å². The fourth-order valence-corrected chi connectivity index (χ4v) is 2.01. The molecule has 0 saturated carbocycles. The molecule has 0 aliphatic carbocycles. The molecule has 0 radical (unpaired) electrons. The normalized spacial score (nSPS) is 11.3. The molecule has 0 amide bonds. The van der Waals surface area contributed by atoms with E-state index in [0.717, 1.165) is 0 Å². The number of imidazole rings is 1. The number of fused-ring (bicyclic) bond motifs is 1. The van der Waals surface area contributed by atoms with Crippen LogP contribution in [0.1, 0.15) is 13.3 Å². The molecule has 0 atom stereocenters. The van der Waals surface area contributed by atoms with Crippen LogP contribution in [0.15, 0.2) is 15.9 Å². The highest BCUT2D eigenvalue weighted by Crippen LogP contribution is 2.04. The maximum absolute atomic E-state index is 12.3. The molecule has 0 aliphatic rings. The summed E-state index contributed by atoms with van der Waals surface area (Å²) in [5.41, 5.74) is 5.68. The Morgan fingerprint density at radius 2 is 2.11 bits per heavy atom. The van der Waals surface area contributed by atoms with Crippen molar-refractivity contribution in [3.63, 3.8) is 0 Å². The van der Waals surface area contributed by atoms with E-state index in [2.05, 4.69) is 4.98 Å². The molecule has 0 aromatic carbocycles. The van der Waals surface area contributed by atoms with Gasteiger partial charge in [0.15, 0.2) is 11.2 Å². The summed E-state index contributed by atoms with van der Waals surface area (Å²) in [6.07, 6.45) is 2.18. The van der Waals surface area contributed by atoms with Crippen molar-refractivity contribution in [1.29, 1.82) is 0 Å². The van der Waals surface area contributed by atoms with E-state index >= 15 is 0 Å². The van der Waals surface area contributed by atoms with E-state index in [9.17, 15) is 9.59 Å². The van der Waals surface area contributed by atoms with Gasteiger partial charge in [-0.15, -0.1) is 0 Å². The number of nitrogens with two attached hydrogens (primary N) is 1. The zero-order valence-corrected chi connectivity index (χ0v) is 10.6. The van der Waals surface area contributed by atoms with Gasteiger partial charge in [0.25, 0.3) is 5.56 Å². The van der Waals surface area contributed by atoms with Crippen LogP contribution in [-0.4, -0.2) is 25.2 Å². The van der Waals surface area contributed by atoms with Gasteiger partial charge in [-0.1, -0.05) is 0 Å². The van der Waals surface area contributed by atoms with Crippen molar-refractivity contribution >= 4 is 11.2 Å². The maximum atomic E-state index is 12.3. The standard InChI is InChI=1S/C11H17N5O2/c1-3-15-7-13-9-8(15)10(17)16(6-4-5-12)11(18)14(9)2/h7H,3-6,12H2,1-2H3. The lowest BCUT2D eigenvalue weighted by atomic mass is 10.4. The van der Waals surface area contributed by atoms with Crippen LogP contribution in [0.4, 0.5) is 0 Å². The van der Waals surface area contributed by atoms with E-state index in [-0.39, 0.29) is 11.2 Å². The number of hydrogen-bond donors (Lipinski definition) is 1. The van der Waals surface area contributed by atoms with Crippen LogP contribution >= 0.6 is 0 Å². The van der Waals surface area contributed by atoms with Crippen molar-refractivity contribution in [3.05, 3.63) is 27.2 Å². The van der Waals surface area contributed by atoms with Crippen molar-refractivity contribution in [1.82, 2.24) is 18.7 Å². The first-order valence-electron chi connectivity index (χ1n) is 5.96. The molecule has 2 N–H and O–H groups in total. The Morgan fingerprint density at radius 1 is 1.39 bits per heavy atom. The minimum absolute atomic E-state index is 0.291. The van der Waals surface area contributed by atoms with Crippen molar-refractivity contribution in [2.75, 3.05) is 6.54 Å². The third kappa shape index (κ3) is 1.76. The third-order valence-electron chi connectivity index (χ3n) is 3.03. The van der Waals surface area contributed by atoms with Crippen LogP contribution in [0, 0.1) is 0 Å². The van der Waals surface area contributed by atoms with Crippen molar-refractivity contribution < 1.29 is 0 Å². The van der Waals surface area contributed by atoms with Gasteiger partial charge in [0, 0.05) is 20.1 Å². The van der Waals surface area contributed by atoms with Crippen LogP contribution in [-0.2, 0) is 20.1 Å². The number of aryl methyl sites for hydroxylation is 2. The molecule has 0 bridgehead atoms. The molecule has 2 rings (SSSR count). The molecule has 2 aromatic heterocycles. The molecular formula is C11H17N5O2. The third-order valence-corrected chi connectivity index (χ3v) is 3.03. The summed E-state index contributed by atoms with van der Waals surface area (Å²) in [5.74, 6) is 0. The fourth-order valence-electron chi connectivity index (χ4n) is 2.01. The lowest BCUT2D eigenvalue weighted by molar-refractivity contribution is 0.576. The van der Waals surface area contributed by atoms with E-state index in [1.807, 2.05) is 6.92 Å². The van der Waals surface area contributed by atoms with Crippen LogP contribution in [0.3, 0.4) is 0 Å². The smallest absolute Gasteiger partial charge is 0.330 e. The molecule has 0 fully saturated rings. The molecule has 0 saturated heterocycles. The van der Waals surface area contributed by atoms with Gasteiger partial charge in [0.1, 0.15) is 0 Å².